The zero-order valence-electron chi connectivity index (χ0n) is 20.0. The molecule has 0 aliphatic carbocycles. The highest BCUT2D eigenvalue weighted by Gasteiger charge is 2.14. The monoisotopic (exact) mass is 470 g/mol. The predicted molar refractivity (Wildman–Crippen MR) is 134 cm³/mol. The van der Waals surface area contributed by atoms with E-state index < -0.39 is 0 Å². The van der Waals surface area contributed by atoms with Crippen molar-refractivity contribution in [2.24, 2.45) is 5.10 Å². The van der Waals surface area contributed by atoms with Crippen LogP contribution >= 0.6 is 0 Å². The van der Waals surface area contributed by atoms with Crippen LogP contribution in [0.3, 0.4) is 0 Å². The van der Waals surface area contributed by atoms with Crippen LogP contribution < -0.4 is 10.2 Å². The average molecular weight is 471 g/mol. The van der Waals surface area contributed by atoms with Crippen LogP contribution in [0.2, 0.25) is 0 Å². The number of nitrogens with zero attached hydrogens (tertiary/aromatic N) is 3. The van der Waals surface area contributed by atoms with Crippen LogP contribution in [0, 0.1) is 20.8 Å². The number of carbonyl (C=O) groups is 2. The molecule has 4 rings (SSSR count). The molecule has 0 saturated carbocycles. The minimum absolute atomic E-state index is 0.189. The van der Waals surface area contributed by atoms with E-state index in [0.717, 1.165) is 33.6 Å². The number of rotatable bonds is 7. The Bertz CT molecular complexity index is 1430. The number of carbonyl (C=O) groups excluding carboxylic acids is 2. The lowest BCUT2D eigenvalue weighted by molar-refractivity contribution is -0.123. The third-order valence-electron chi connectivity index (χ3n) is 5.69. The summed E-state index contributed by atoms with van der Waals surface area (Å²) >= 11 is 0. The zero-order chi connectivity index (χ0) is 24.9. The summed E-state index contributed by atoms with van der Waals surface area (Å²) in [6.45, 7) is 5.72. The smallest absolute Gasteiger partial charge is 0.337 e. The molecule has 4 aromatic rings. The number of hydrogen-bond acceptors (Lipinski definition) is 6. The van der Waals surface area contributed by atoms with Gasteiger partial charge in [0.1, 0.15) is 11.3 Å². The van der Waals surface area contributed by atoms with Crippen LogP contribution in [0.25, 0.3) is 16.6 Å². The highest BCUT2D eigenvalue weighted by molar-refractivity contribution is 5.90. The van der Waals surface area contributed by atoms with Crippen molar-refractivity contribution in [3.05, 3.63) is 88.9 Å². The Labute approximate surface area is 203 Å². The molecular formula is C27H26N4O4. The van der Waals surface area contributed by atoms with Gasteiger partial charge in [-0.05, 0) is 56.7 Å². The first kappa shape index (κ1) is 23.7. The number of hydrazone groups is 1. The van der Waals surface area contributed by atoms with Gasteiger partial charge in [-0.3, -0.25) is 9.78 Å². The number of pyridine rings is 1. The Morgan fingerprint density at radius 3 is 2.69 bits per heavy atom. The van der Waals surface area contributed by atoms with Gasteiger partial charge < -0.3 is 14.0 Å². The quantitative estimate of drug-likeness (QED) is 0.247. The van der Waals surface area contributed by atoms with Gasteiger partial charge in [0.15, 0.2) is 6.61 Å². The van der Waals surface area contributed by atoms with E-state index >= 15 is 0 Å². The normalized spacial score (nSPS) is 11.1. The van der Waals surface area contributed by atoms with E-state index in [9.17, 15) is 9.59 Å². The molecular weight excluding hydrogens is 444 g/mol. The van der Waals surface area contributed by atoms with Gasteiger partial charge in [0.05, 0.1) is 18.9 Å². The molecule has 0 atom stereocenters. The number of ether oxygens (including phenoxy) is 2. The van der Waals surface area contributed by atoms with E-state index in [1.807, 2.05) is 67.8 Å². The summed E-state index contributed by atoms with van der Waals surface area (Å²) in [5.74, 6) is -0.236. The zero-order valence-corrected chi connectivity index (χ0v) is 20.0. The molecule has 8 nitrogen and oxygen atoms in total. The van der Waals surface area contributed by atoms with Crippen molar-refractivity contribution < 1.29 is 19.1 Å². The second-order valence-corrected chi connectivity index (χ2v) is 8.07. The number of benzene rings is 2. The van der Waals surface area contributed by atoms with Crippen molar-refractivity contribution in [3.8, 4) is 11.4 Å². The number of methoxy groups -OCH3 is 1. The second kappa shape index (κ2) is 10.2. The Morgan fingerprint density at radius 2 is 1.89 bits per heavy atom. The minimum Gasteiger partial charge on any atom is -0.481 e. The van der Waals surface area contributed by atoms with Gasteiger partial charge >= 0.3 is 5.97 Å². The predicted octanol–water partition coefficient (Wildman–Crippen LogP) is 4.27. The molecule has 0 fully saturated rings. The van der Waals surface area contributed by atoms with Crippen molar-refractivity contribution >= 4 is 29.0 Å². The summed E-state index contributed by atoms with van der Waals surface area (Å²) in [6, 6.07) is 16.8. The average Bonchev–Trinajstić information content (AvgIpc) is 3.15. The summed E-state index contributed by atoms with van der Waals surface area (Å²) in [6.07, 6.45) is 3.28. The summed E-state index contributed by atoms with van der Waals surface area (Å²) in [7, 11) is 1.36. The number of aromatic nitrogens is 2. The molecule has 1 N–H and O–H groups in total. The topological polar surface area (TPSA) is 94.8 Å². The molecule has 0 spiro atoms. The van der Waals surface area contributed by atoms with E-state index in [1.54, 1.807) is 24.5 Å². The molecule has 178 valence electrons. The van der Waals surface area contributed by atoms with Crippen molar-refractivity contribution in [3.63, 3.8) is 0 Å². The number of amides is 1. The van der Waals surface area contributed by atoms with Crippen LogP contribution in [0.15, 0.2) is 65.9 Å². The molecule has 0 aliphatic heterocycles. The SMILES string of the molecule is COC(=O)c1ccc(C)c(-n2c(C)cc(/C=N/NC(=O)COc3cccc4cccnc34)c2C)c1. The first-order valence-corrected chi connectivity index (χ1v) is 11.1. The van der Waals surface area contributed by atoms with Crippen LogP contribution in [0.1, 0.15) is 32.9 Å². The third kappa shape index (κ3) is 5.06. The summed E-state index contributed by atoms with van der Waals surface area (Å²) in [5.41, 5.74) is 8.29. The molecule has 0 unspecified atom stereocenters. The van der Waals surface area contributed by atoms with E-state index in [-0.39, 0.29) is 18.5 Å². The van der Waals surface area contributed by atoms with Gasteiger partial charge in [-0.2, -0.15) is 5.10 Å². The fourth-order valence-electron chi connectivity index (χ4n) is 3.93. The van der Waals surface area contributed by atoms with E-state index in [1.165, 1.54) is 7.11 Å². The van der Waals surface area contributed by atoms with Crippen LogP contribution in [0.4, 0.5) is 0 Å². The Morgan fingerprint density at radius 1 is 1.09 bits per heavy atom. The van der Waals surface area contributed by atoms with E-state index in [2.05, 4.69) is 15.5 Å². The van der Waals surface area contributed by atoms with Gasteiger partial charge in [-0.1, -0.05) is 24.3 Å². The van der Waals surface area contributed by atoms with Gasteiger partial charge in [-0.15, -0.1) is 0 Å². The lowest BCUT2D eigenvalue weighted by Gasteiger charge is -2.14. The van der Waals surface area contributed by atoms with Crippen molar-refractivity contribution in [1.82, 2.24) is 15.0 Å². The van der Waals surface area contributed by atoms with Crippen molar-refractivity contribution in [2.75, 3.05) is 13.7 Å². The first-order chi connectivity index (χ1) is 16.9. The number of nitrogens with one attached hydrogen (secondary N) is 1. The Hall–Kier alpha value is -4.46. The number of aryl methyl sites for hydroxylation is 2. The third-order valence-corrected chi connectivity index (χ3v) is 5.69. The number of fused-ring (bicyclic) bond motifs is 1. The maximum absolute atomic E-state index is 12.3. The summed E-state index contributed by atoms with van der Waals surface area (Å²) in [5, 5.41) is 5.04. The fourth-order valence-corrected chi connectivity index (χ4v) is 3.93. The molecule has 0 aliphatic rings. The lowest BCUT2D eigenvalue weighted by atomic mass is 10.1. The molecule has 2 heterocycles. The molecule has 35 heavy (non-hydrogen) atoms. The molecule has 8 heteroatoms. The van der Waals surface area contributed by atoms with Crippen molar-refractivity contribution in [1.29, 1.82) is 0 Å². The molecule has 1 amide bonds. The summed E-state index contributed by atoms with van der Waals surface area (Å²) in [4.78, 5) is 28.6. The van der Waals surface area contributed by atoms with Crippen LogP contribution in [-0.2, 0) is 9.53 Å². The van der Waals surface area contributed by atoms with Gasteiger partial charge in [0.25, 0.3) is 5.91 Å². The maximum atomic E-state index is 12.3. The molecule has 0 saturated heterocycles. The van der Waals surface area contributed by atoms with E-state index in [0.29, 0.717) is 16.8 Å². The van der Waals surface area contributed by atoms with E-state index in [4.69, 9.17) is 9.47 Å². The number of hydrogen-bond donors (Lipinski definition) is 1. The largest absolute Gasteiger partial charge is 0.481 e. The summed E-state index contributed by atoms with van der Waals surface area (Å²) < 4.78 is 12.5. The highest BCUT2D eigenvalue weighted by Crippen LogP contribution is 2.24. The lowest BCUT2D eigenvalue weighted by Crippen LogP contribution is -2.24. The number of esters is 1. The Kier molecular flexibility index (Phi) is 6.91. The Balaban J connectivity index is 1.45. The standard InChI is InChI=1S/C27H26N4O4/c1-17-10-11-21(27(33)34-4)14-23(17)31-18(2)13-22(19(31)3)15-29-30-25(32)16-35-24-9-5-7-20-8-6-12-28-26(20)24/h5-15H,16H2,1-4H3,(H,30,32)/b29-15+. The second-order valence-electron chi connectivity index (χ2n) is 8.07. The maximum Gasteiger partial charge on any atom is 0.337 e. The van der Waals surface area contributed by atoms with Crippen molar-refractivity contribution in [2.45, 2.75) is 20.8 Å². The van der Waals surface area contributed by atoms with Crippen LogP contribution in [0.5, 0.6) is 5.75 Å². The molecule has 2 aromatic heterocycles. The molecule has 0 radical (unpaired) electrons. The van der Waals surface area contributed by atoms with Gasteiger partial charge in [0, 0.05) is 34.2 Å². The number of para-hydroxylation sites is 1. The van der Waals surface area contributed by atoms with Crippen LogP contribution in [-0.4, -0.2) is 41.4 Å². The van der Waals surface area contributed by atoms with Gasteiger partial charge in [0.2, 0.25) is 0 Å². The van der Waals surface area contributed by atoms with Gasteiger partial charge in [-0.25, -0.2) is 10.2 Å². The highest BCUT2D eigenvalue weighted by atomic mass is 16.5. The fraction of sp³-hybridized carbons (Fsp3) is 0.185. The first-order valence-electron chi connectivity index (χ1n) is 11.1. The molecule has 2 aromatic carbocycles. The molecule has 0 bridgehead atoms. The minimum atomic E-state index is -0.389.